The number of hydrogen-bond donors (Lipinski definition) is 2. The maximum absolute atomic E-state index is 12.1. The normalized spacial score (nSPS) is 11.4. The molecule has 0 unspecified atom stereocenters. The third kappa shape index (κ3) is 3.87. The van der Waals surface area contributed by atoms with E-state index in [0.29, 0.717) is 10.7 Å². The lowest BCUT2D eigenvalue weighted by atomic mass is 10.2. The van der Waals surface area contributed by atoms with Crippen LogP contribution in [0.1, 0.15) is 28.7 Å². The smallest absolute Gasteiger partial charge is 0.257 e. The highest BCUT2D eigenvalue weighted by Crippen LogP contribution is 2.18. The van der Waals surface area contributed by atoms with Crippen LogP contribution in [0.5, 0.6) is 0 Å². The Balaban J connectivity index is 2.09. The van der Waals surface area contributed by atoms with Gasteiger partial charge in [-0.25, -0.2) is 13.1 Å². The first kappa shape index (κ1) is 16.5. The molecular formula is C13H16N4O3S2. The molecule has 0 saturated heterocycles. The number of carbonyl (C=O) groups is 1. The summed E-state index contributed by atoms with van der Waals surface area (Å²) in [5.41, 5.74) is 0.349. The predicted octanol–water partition coefficient (Wildman–Crippen LogP) is 1.65. The third-order valence-electron chi connectivity index (χ3n) is 2.85. The molecule has 0 fully saturated rings. The molecular weight excluding hydrogens is 324 g/mol. The number of amides is 1. The Bertz CT molecular complexity index is 754. The fourth-order valence-corrected chi connectivity index (χ4v) is 3.26. The number of rotatable bonds is 6. The summed E-state index contributed by atoms with van der Waals surface area (Å²) < 4.78 is 25.4. The van der Waals surface area contributed by atoms with E-state index in [9.17, 15) is 13.2 Å². The molecule has 1 aromatic carbocycles. The van der Waals surface area contributed by atoms with Gasteiger partial charge in [-0.05, 0) is 37.7 Å². The number of carbonyl (C=O) groups excluding carboxylic acids is 1. The van der Waals surface area contributed by atoms with Crippen LogP contribution >= 0.6 is 11.3 Å². The summed E-state index contributed by atoms with van der Waals surface area (Å²) in [6, 6.07) is 5.66. The summed E-state index contributed by atoms with van der Waals surface area (Å²) in [6.45, 7) is 2.04. The average molecular weight is 340 g/mol. The van der Waals surface area contributed by atoms with Crippen molar-refractivity contribution in [2.45, 2.75) is 24.7 Å². The van der Waals surface area contributed by atoms with Crippen molar-refractivity contribution in [1.82, 2.24) is 14.9 Å². The van der Waals surface area contributed by atoms with E-state index in [0.717, 1.165) is 17.8 Å². The Hall–Kier alpha value is -1.84. The summed E-state index contributed by atoms with van der Waals surface area (Å²) in [4.78, 5) is 12.2. The van der Waals surface area contributed by atoms with E-state index < -0.39 is 10.0 Å². The van der Waals surface area contributed by atoms with E-state index in [-0.39, 0.29) is 10.8 Å². The molecule has 0 spiro atoms. The summed E-state index contributed by atoms with van der Waals surface area (Å²) in [5.74, 6) is -0.354. The number of benzene rings is 1. The van der Waals surface area contributed by atoms with Crippen molar-refractivity contribution < 1.29 is 13.2 Å². The molecule has 0 radical (unpaired) electrons. The van der Waals surface area contributed by atoms with Crippen LogP contribution in [0, 0.1) is 0 Å². The second-order valence-electron chi connectivity index (χ2n) is 4.44. The van der Waals surface area contributed by atoms with Gasteiger partial charge in [0, 0.05) is 12.0 Å². The van der Waals surface area contributed by atoms with Gasteiger partial charge in [-0.3, -0.25) is 10.1 Å². The molecule has 0 atom stereocenters. The van der Waals surface area contributed by atoms with Gasteiger partial charge in [-0.15, -0.1) is 10.2 Å². The molecule has 1 heterocycles. The summed E-state index contributed by atoms with van der Waals surface area (Å²) >= 11 is 1.33. The molecule has 1 aromatic heterocycles. The van der Waals surface area contributed by atoms with E-state index in [2.05, 4.69) is 20.2 Å². The molecule has 1 amide bonds. The van der Waals surface area contributed by atoms with Gasteiger partial charge in [0.2, 0.25) is 15.2 Å². The number of nitrogens with zero attached hydrogens (tertiary/aromatic N) is 2. The maximum atomic E-state index is 12.1. The molecule has 0 aliphatic rings. The molecule has 7 nitrogen and oxygen atoms in total. The quantitative estimate of drug-likeness (QED) is 0.832. The fourth-order valence-electron chi connectivity index (χ4n) is 1.69. The lowest BCUT2D eigenvalue weighted by Gasteiger charge is -2.04. The predicted molar refractivity (Wildman–Crippen MR) is 84.5 cm³/mol. The lowest BCUT2D eigenvalue weighted by molar-refractivity contribution is 0.102. The zero-order valence-electron chi connectivity index (χ0n) is 12.2. The SMILES string of the molecule is CCCc1nnc(NC(=O)c2ccc(S(=O)(=O)NC)cc2)s1. The molecule has 0 aliphatic carbocycles. The number of aryl methyl sites for hydroxylation is 1. The standard InChI is InChI=1S/C13H16N4O3S2/c1-3-4-11-16-17-13(21-11)15-12(18)9-5-7-10(8-6-9)22(19,20)14-2/h5-8,14H,3-4H2,1-2H3,(H,15,17,18). The maximum Gasteiger partial charge on any atom is 0.257 e. The molecule has 9 heteroatoms. The van der Waals surface area contributed by atoms with Crippen LogP contribution in [-0.2, 0) is 16.4 Å². The van der Waals surface area contributed by atoms with Gasteiger partial charge < -0.3 is 0 Å². The van der Waals surface area contributed by atoms with Crippen LogP contribution in [0.2, 0.25) is 0 Å². The van der Waals surface area contributed by atoms with Crippen LogP contribution in [-0.4, -0.2) is 31.6 Å². The van der Waals surface area contributed by atoms with Crippen LogP contribution in [0.4, 0.5) is 5.13 Å². The number of anilines is 1. The second-order valence-corrected chi connectivity index (χ2v) is 7.39. The van der Waals surface area contributed by atoms with E-state index in [4.69, 9.17) is 0 Å². The van der Waals surface area contributed by atoms with Gasteiger partial charge in [-0.1, -0.05) is 18.3 Å². The number of aromatic nitrogens is 2. The highest BCUT2D eigenvalue weighted by molar-refractivity contribution is 7.89. The molecule has 0 saturated carbocycles. The van der Waals surface area contributed by atoms with Gasteiger partial charge in [0.25, 0.3) is 5.91 Å². The number of hydrogen-bond acceptors (Lipinski definition) is 6. The average Bonchev–Trinajstić information content (AvgIpc) is 2.95. The van der Waals surface area contributed by atoms with E-state index in [1.54, 1.807) is 0 Å². The number of nitrogens with one attached hydrogen (secondary N) is 2. The largest absolute Gasteiger partial charge is 0.296 e. The lowest BCUT2D eigenvalue weighted by Crippen LogP contribution is -2.19. The Morgan fingerprint density at radius 1 is 1.23 bits per heavy atom. The van der Waals surface area contributed by atoms with Crippen LogP contribution < -0.4 is 10.0 Å². The van der Waals surface area contributed by atoms with Gasteiger partial charge in [0.15, 0.2) is 0 Å². The van der Waals surface area contributed by atoms with Crippen molar-refractivity contribution in [3.05, 3.63) is 34.8 Å². The van der Waals surface area contributed by atoms with Crippen LogP contribution in [0.15, 0.2) is 29.2 Å². The monoisotopic (exact) mass is 340 g/mol. The van der Waals surface area contributed by atoms with E-state index in [1.807, 2.05) is 6.92 Å². The van der Waals surface area contributed by atoms with Crippen molar-refractivity contribution in [3.8, 4) is 0 Å². The number of sulfonamides is 1. The van der Waals surface area contributed by atoms with Gasteiger partial charge in [-0.2, -0.15) is 0 Å². The Labute approximate surface area is 132 Å². The van der Waals surface area contributed by atoms with Gasteiger partial charge in [0.1, 0.15) is 5.01 Å². The van der Waals surface area contributed by atoms with Crippen LogP contribution in [0.25, 0.3) is 0 Å². The van der Waals surface area contributed by atoms with Crippen molar-refractivity contribution >= 4 is 32.4 Å². The molecule has 2 rings (SSSR count). The van der Waals surface area contributed by atoms with Crippen molar-refractivity contribution in [2.75, 3.05) is 12.4 Å². The topological polar surface area (TPSA) is 101 Å². The summed E-state index contributed by atoms with van der Waals surface area (Å²) in [6.07, 6.45) is 1.79. The second kappa shape index (κ2) is 6.95. The molecule has 2 N–H and O–H groups in total. The van der Waals surface area contributed by atoms with E-state index >= 15 is 0 Å². The Morgan fingerprint density at radius 2 is 1.91 bits per heavy atom. The minimum absolute atomic E-state index is 0.104. The molecule has 0 bridgehead atoms. The fraction of sp³-hybridized carbons (Fsp3) is 0.308. The van der Waals surface area contributed by atoms with Crippen molar-refractivity contribution in [2.24, 2.45) is 0 Å². The van der Waals surface area contributed by atoms with Crippen molar-refractivity contribution in [3.63, 3.8) is 0 Å². The first-order chi connectivity index (χ1) is 10.5. The first-order valence-electron chi connectivity index (χ1n) is 6.63. The van der Waals surface area contributed by atoms with Crippen LogP contribution in [0.3, 0.4) is 0 Å². The van der Waals surface area contributed by atoms with E-state index in [1.165, 1.54) is 42.6 Å². The van der Waals surface area contributed by atoms with Crippen molar-refractivity contribution in [1.29, 1.82) is 0 Å². The minimum atomic E-state index is -3.50. The molecule has 2 aromatic rings. The van der Waals surface area contributed by atoms with Gasteiger partial charge in [0.05, 0.1) is 4.90 Å². The Morgan fingerprint density at radius 3 is 2.50 bits per heavy atom. The summed E-state index contributed by atoms with van der Waals surface area (Å²) in [5, 5.41) is 11.8. The highest BCUT2D eigenvalue weighted by Gasteiger charge is 2.14. The first-order valence-corrected chi connectivity index (χ1v) is 8.93. The molecule has 118 valence electrons. The molecule has 0 aliphatic heterocycles. The Kier molecular flexibility index (Phi) is 5.22. The zero-order chi connectivity index (χ0) is 16.2. The zero-order valence-corrected chi connectivity index (χ0v) is 13.8. The summed E-state index contributed by atoms with van der Waals surface area (Å²) in [7, 11) is -2.17. The highest BCUT2D eigenvalue weighted by atomic mass is 32.2. The van der Waals surface area contributed by atoms with Gasteiger partial charge >= 0.3 is 0 Å². The minimum Gasteiger partial charge on any atom is -0.296 e. The molecule has 22 heavy (non-hydrogen) atoms. The third-order valence-corrected chi connectivity index (χ3v) is 5.18.